The van der Waals surface area contributed by atoms with Crippen molar-refractivity contribution < 1.29 is 15.0 Å². The van der Waals surface area contributed by atoms with Gasteiger partial charge in [-0.2, -0.15) is 5.10 Å². The van der Waals surface area contributed by atoms with E-state index in [1.807, 2.05) is 20.9 Å². The molecule has 0 amide bonds. The van der Waals surface area contributed by atoms with Crippen molar-refractivity contribution in [1.82, 2.24) is 24.5 Å². The Labute approximate surface area is 125 Å². The lowest BCUT2D eigenvalue weighted by atomic mass is 10.2. The molecule has 0 fully saturated rings. The summed E-state index contributed by atoms with van der Waals surface area (Å²) in [6, 6.07) is 0. The van der Waals surface area contributed by atoms with Gasteiger partial charge in [0.2, 0.25) is 0 Å². The molecule has 0 aliphatic heterocycles. The number of aliphatic hydroxyl groups excluding tert-OH is 1. The molecule has 21 heavy (non-hydrogen) atoms. The Hall–Kier alpha value is -1.87. The Morgan fingerprint density at radius 2 is 2.05 bits per heavy atom. The maximum absolute atomic E-state index is 10.7. The Morgan fingerprint density at radius 3 is 2.57 bits per heavy atom. The summed E-state index contributed by atoms with van der Waals surface area (Å²) in [5, 5.41) is 30.8. The van der Waals surface area contributed by atoms with E-state index in [0.29, 0.717) is 17.5 Å². The van der Waals surface area contributed by atoms with E-state index in [-0.39, 0.29) is 12.4 Å². The smallest absolute Gasteiger partial charge is 0.313 e. The minimum Gasteiger partial charge on any atom is -0.481 e. The number of hydrogen-bond acceptors (Lipinski definition) is 6. The maximum Gasteiger partial charge on any atom is 0.313 e. The van der Waals surface area contributed by atoms with Gasteiger partial charge in [0, 0.05) is 18.3 Å². The molecule has 0 spiro atoms. The molecule has 0 aliphatic rings. The third-order valence-corrected chi connectivity index (χ3v) is 4.19. The Kier molecular flexibility index (Phi) is 4.63. The summed E-state index contributed by atoms with van der Waals surface area (Å²) >= 11 is 1.08. The van der Waals surface area contributed by atoms with Crippen LogP contribution in [-0.4, -0.2) is 46.5 Å². The van der Waals surface area contributed by atoms with Crippen LogP contribution in [0.5, 0.6) is 0 Å². The summed E-state index contributed by atoms with van der Waals surface area (Å²) in [6.07, 6.45) is 0. The van der Waals surface area contributed by atoms with Crippen LogP contribution in [0.1, 0.15) is 22.8 Å². The predicted octanol–water partition coefficient (Wildman–Crippen LogP) is 0.346. The van der Waals surface area contributed by atoms with E-state index in [4.69, 9.17) is 5.11 Å². The summed E-state index contributed by atoms with van der Waals surface area (Å²) in [6.45, 7) is 4.08. The average molecular weight is 311 g/mol. The van der Waals surface area contributed by atoms with E-state index in [1.165, 1.54) is 0 Å². The molecule has 0 bridgehead atoms. The van der Waals surface area contributed by atoms with Gasteiger partial charge < -0.3 is 10.2 Å². The molecule has 2 aromatic rings. The van der Waals surface area contributed by atoms with Crippen LogP contribution in [0.3, 0.4) is 0 Å². The highest BCUT2D eigenvalue weighted by Crippen LogP contribution is 2.21. The highest BCUT2D eigenvalue weighted by Gasteiger charge is 2.17. The molecular formula is C12H17N5O3S. The van der Waals surface area contributed by atoms with Crippen molar-refractivity contribution in [2.45, 2.75) is 32.2 Å². The molecule has 0 radical (unpaired) electrons. The van der Waals surface area contributed by atoms with Crippen molar-refractivity contribution in [2.75, 3.05) is 5.75 Å². The summed E-state index contributed by atoms with van der Waals surface area (Å²) in [5.74, 6) is -0.617. The van der Waals surface area contributed by atoms with Crippen LogP contribution in [0.15, 0.2) is 5.16 Å². The quantitative estimate of drug-likeness (QED) is 0.741. The predicted molar refractivity (Wildman–Crippen MR) is 76.1 cm³/mol. The van der Waals surface area contributed by atoms with Crippen LogP contribution < -0.4 is 0 Å². The highest BCUT2D eigenvalue weighted by atomic mass is 32.2. The van der Waals surface area contributed by atoms with E-state index in [9.17, 15) is 9.90 Å². The monoisotopic (exact) mass is 311 g/mol. The third-order valence-electron chi connectivity index (χ3n) is 3.23. The van der Waals surface area contributed by atoms with Gasteiger partial charge in [0.05, 0.1) is 18.0 Å². The number of aromatic nitrogens is 5. The van der Waals surface area contributed by atoms with Crippen LogP contribution in [-0.2, 0) is 25.0 Å². The van der Waals surface area contributed by atoms with Gasteiger partial charge in [0.25, 0.3) is 0 Å². The first-order chi connectivity index (χ1) is 9.93. The fourth-order valence-corrected chi connectivity index (χ4v) is 2.71. The lowest BCUT2D eigenvalue weighted by Crippen LogP contribution is -2.09. The van der Waals surface area contributed by atoms with Crippen molar-refractivity contribution in [3.05, 3.63) is 22.8 Å². The molecular weight excluding hydrogens is 294 g/mol. The largest absolute Gasteiger partial charge is 0.481 e. The van der Waals surface area contributed by atoms with Crippen molar-refractivity contribution in [2.24, 2.45) is 7.05 Å². The number of nitrogens with zero attached hydrogens (tertiary/aromatic N) is 5. The van der Waals surface area contributed by atoms with E-state index < -0.39 is 5.97 Å². The SMILES string of the molecule is Cc1nn(C)c(C)c1Cn1c(CO)nnc1SCC(=O)O. The topological polar surface area (TPSA) is 106 Å². The van der Waals surface area contributed by atoms with E-state index in [0.717, 1.165) is 28.7 Å². The van der Waals surface area contributed by atoms with Crippen LogP contribution >= 0.6 is 11.8 Å². The summed E-state index contributed by atoms with van der Waals surface area (Å²) < 4.78 is 3.52. The molecule has 2 rings (SSSR count). The first-order valence-corrected chi connectivity index (χ1v) is 7.29. The van der Waals surface area contributed by atoms with Crippen LogP contribution in [0.4, 0.5) is 0 Å². The molecule has 0 saturated heterocycles. The highest BCUT2D eigenvalue weighted by molar-refractivity contribution is 7.99. The number of carboxylic acids is 1. The van der Waals surface area contributed by atoms with Gasteiger partial charge in [-0.1, -0.05) is 11.8 Å². The Bertz CT molecular complexity index is 664. The van der Waals surface area contributed by atoms with Crippen LogP contribution in [0, 0.1) is 13.8 Å². The maximum atomic E-state index is 10.7. The molecule has 0 saturated carbocycles. The third kappa shape index (κ3) is 3.24. The summed E-state index contributed by atoms with van der Waals surface area (Å²) in [5.41, 5.74) is 2.92. The van der Waals surface area contributed by atoms with Gasteiger partial charge in [0.15, 0.2) is 11.0 Å². The Balaban J connectivity index is 2.33. The van der Waals surface area contributed by atoms with Crippen molar-refractivity contribution in [3.8, 4) is 0 Å². The molecule has 8 nitrogen and oxygen atoms in total. The second-order valence-electron chi connectivity index (χ2n) is 4.60. The second-order valence-corrected chi connectivity index (χ2v) is 5.54. The average Bonchev–Trinajstić information content (AvgIpc) is 2.92. The number of aryl methyl sites for hydroxylation is 2. The zero-order valence-corrected chi connectivity index (χ0v) is 12.9. The lowest BCUT2D eigenvalue weighted by molar-refractivity contribution is -0.133. The normalized spacial score (nSPS) is 11.0. The fourth-order valence-electron chi connectivity index (χ4n) is 2.03. The molecule has 0 atom stereocenters. The van der Waals surface area contributed by atoms with Crippen molar-refractivity contribution in [1.29, 1.82) is 0 Å². The number of rotatable bonds is 6. The van der Waals surface area contributed by atoms with Gasteiger partial charge >= 0.3 is 5.97 Å². The molecule has 0 aliphatic carbocycles. The molecule has 2 aromatic heterocycles. The summed E-state index contributed by atoms with van der Waals surface area (Å²) in [7, 11) is 1.87. The number of aliphatic carboxylic acids is 1. The zero-order chi connectivity index (χ0) is 15.6. The lowest BCUT2D eigenvalue weighted by Gasteiger charge is -2.09. The minimum atomic E-state index is -0.922. The van der Waals surface area contributed by atoms with E-state index >= 15 is 0 Å². The molecule has 2 N–H and O–H groups in total. The fraction of sp³-hybridized carbons (Fsp3) is 0.500. The van der Waals surface area contributed by atoms with Gasteiger partial charge in [-0.3, -0.25) is 14.0 Å². The second kappa shape index (κ2) is 6.27. The van der Waals surface area contributed by atoms with Crippen LogP contribution in [0.2, 0.25) is 0 Å². The molecule has 114 valence electrons. The van der Waals surface area contributed by atoms with E-state index in [1.54, 1.807) is 9.25 Å². The standard InChI is InChI=1S/C12H17N5O3S/c1-7-9(8(2)16(3)15-7)4-17-10(5-18)13-14-12(17)21-6-11(19)20/h18H,4-6H2,1-3H3,(H,19,20). The van der Waals surface area contributed by atoms with Gasteiger partial charge in [-0.05, 0) is 13.8 Å². The molecule has 2 heterocycles. The number of carboxylic acid groups (broad SMARTS) is 1. The van der Waals surface area contributed by atoms with Gasteiger partial charge in [-0.15, -0.1) is 10.2 Å². The molecule has 0 unspecified atom stereocenters. The Morgan fingerprint density at radius 1 is 1.33 bits per heavy atom. The van der Waals surface area contributed by atoms with Crippen molar-refractivity contribution >= 4 is 17.7 Å². The molecule has 9 heteroatoms. The first kappa shape index (κ1) is 15.5. The first-order valence-electron chi connectivity index (χ1n) is 6.30. The van der Waals surface area contributed by atoms with Crippen molar-refractivity contribution in [3.63, 3.8) is 0 Å². The van der Waals surface area contributed by atoms with E-state index in [2.05, 4.69) is 15.3 Å². The number of carbonyl (C=O) groups is 1. The summed E-state index contributed by atoms with van der Waals surface area (Å²) in [4.78, 5) is 10.7. The zero-order valence-electron chi connectivity index (χ0n) is 12.1. The molecule has 0 aromatic carbocycles. The van der Waals surface area contributed by atoms with Gasteiger partial charge in [0.1, 0.15) is 6.61 Å². The number of thioether (sulfide) groups is 1. The van der Waals surface area contributed by atoms with Gasteiger partial charge in [-0.25, -0.2) is 0 Å². The minimum absolute atomic E-state index is 0.103. The number of hydrogen-bond donors (Lipinski definition) is 2. The number of aliphatic hydroxyl groups is 1. The van der Waals surface area contributed by atoms with Crippen LogP contribution in [0.25, 0.3) is 0 Å².